The van der Waals surface area contributed by atoms with Crippen LogP contribution in [0.5, 0.6) is 0 Å². The SMILES string of the molecule is O=C(C=Cc1ccc(Cl)cc1)Nc1cnc(Br)cn1. The van der Waals surface area contributed by atoms with Gasteiger partial charge in [0.2, 0.25) is 5.91 Å². The molecule has 0 bridgehead atoms. The van der Waals surface area contributed by atoms with E-state index < -0.39 is 0 Å². The van der Waals surface area contributed by atoms with Crippen molar-refractivity contribution in [2.45, 2.75) is 0 Å². The highest BCUT2D eigenvalue weighted by atomic mass is 79.9. The second-order valence-corrected chi connectivity index (χ2v) is 4.85. The molecule has 1 heterocycles. The highest BCUT2D eigenvalue weighted by Crippen LogP contribution is 2.11. The van der Waals surface area contributed by atoms with Crippen molar-refractivity contribution in [1.82, 2.24) is 9.97 Å². The van der Waals surface area contributed by atoms with Crippen molar-refractivity contribution >= 4 is 45.3 Å². The number of hydrogen-bond donors (Lipinski definition) is 1. The lowest BCUT2D eigenvalue weighted by Crippen LogP contribution is -2.09. The molecule has 0 saturated carbocycles. The van der Waals surface area contributed by atoms with Crippen molar-refractivity contribution in [3.8, 4) is 0 Å². The molecule has 0 aliphatic carbocycles. The normalized spacial score (nSPS) is 10.6. The minimum Gasteiger partial charge on any atom is -0.306 e. The van der Waals surface area contributed by atoms with E-state index in [1.165, 1.54) is 18.5 Å². The molecule has 2 rings (SSSR count). The number of amides is 1. The van der Waals surface area contributed by atoms with E-state index in [0.717, 1.165) is 5.56 Å². The summed E-state index contributed by atoms with van der Waals surface area (Å²) in [6.07, 6.45) is 6.10. The number of nitrogens with zero attached hydrogens (tertiary/aromatic N) is 2. The average molecular weight is 339 g/mol. The summed E-state index contributed by atoms with van der Waals surface area (Å²) < 4.78 is 0.613. The van der Waals surface area contributed by atoms with E-state index >= 15 is 0 Å². The maximum atomic E-state index is 11.6. The van der Waals surface area contributed by atoms with Crippen LogP contribution in [0.2, 0.25) is 5.02 Å². The highest BCUT2D eigenvalue weighted by molar-refractivity contribution is 9.10. The minimum absolute atomic E-state index is 0.272. The highest BCUT2D eigenvalue weighted by Gasteiger charge is 1.99. The number of benzene rings is 1. The number of anilines is 1. The lowest BCUT2D eigenvalue weighted by atomic mass is 10.2. The Kier molecular flexibility index (Phi) is 4.65. The topological polar surface area (TPSA) is 54.9 Å². The van der Waals surface area contributed by atoms with Crippen molar-refractivity contribution in [3.63, 3.8) is 0 Å². The first kappa shape index (κ1) is 13.7. The van der Waals surface area contributed by atoms with Gasteiger partial charge in [-0.15, -0.1) is 0 Å². The van der Waals surface area contributed by atoms with Crippen molar-refractivity contribution < 1.29 is 4.79 Å². The van der Waals surface area contributed by atoms with Crippen LogP contribution in [0.1, 0.15) is 5.56 Å². The first-order valence-electron chi connectivity index (χ1n) is 5.36. The van der Waals surface area contributed by atoms with Crippen molar-refractivity contribution in [3.05, 3.63) is 57.9 Å². The van der Waals surface area contributed by atoms with Gasteiger partial charge in [0.25, 0.3) is 0 Å². The molecule has 96 valence electrons. The van der Waals surface area contributed by atoms with E-state index in [1.807, 2.05) is 12.1 Å². The monoisotopic (exact) mass is 337 g/mol. The molecule has 19 heavy (non-hydrogen) atoms. The molecule has 1 N–H and O–H groups in total. The number of carbonyl (C=O) groups is 1. The molecule has 1 aromatic carbocycles. The molecule has 0 unspecified atom stereocenters. The Hall–Kier alpha value is -1.72. The van der Waals surface area contributed by atoms with E-state index in [0.29, 0.717) is 15.4 Å². The van der Waals surface area contributed by atoms with Crippen molar-refractivity contribution in [2.24, 2.45) is 0 Å². The van der Waals surface area contributed by atoms with Gasteiger partial charge < -0.3 is 5.32 Å². The summed E-state index contributed by atoms with van der Waals surface area (Å²) in [6, 6.07) is 7.18. The molecule has 0 fully saturated rings. The standard InChI is InChI=1S/C13H9BrClN3O/c14-11-7-17-12(8-16-11)18-13(19)6-3-9-1-4-10(15)5-2-9/h1-8H,(H,17,18,19). The van der Waals surface area contributed by atoms with E-state index in [4.69, 9.17) is 11.6 Å². The second kappa shape index (κ2) is 6.45. The quantitative estimate of drug-likeness (QED) is 0.871. The smallest absolute Gasteiger partial charge is 0.249 e. The zero-order valence-electron chi connectivity index (χ0n) is 9.68. The Bertz CT molecular complexity index is 596. The van der Waals surface area contributed by atoms with E-state index in [1.54, 1.807) is 18.2 Å². The molecular formula is C13H9BrClN3O. The second-order valence-electron chi connectivity index (χ2n) is 3.60. The first-order valence-corrected chi connectivity index (χ1v) is 6.53. The third kappa shape index (κ3) is 4.46. The average Bonchev–Trinajstić information content (AvgIpc) is 2.41. The van der Waals surface area contributed by atoms with Crippen LogP contribution >= 0.6 is 27.5 Å². The van der Waals surface area contributed by atoms with Gasteiger partial charge in [0.1, 0.15) is 4.60 Å². The maximum Gasteiger partial charge on any atom is 0.249 e. The van der Waals surface area contributed by atoms with Crippen LogP contribution in [-0.4, -0.2) is 15.9 Å². The number of nitrogens with one attached hydrogen (secondary N) is 1. The molecule has 1 aromatic heterocycles. The van der Waals surface area contributed by atoms with Gasteiger partial charge in [-0.2, -0.15) is 0 Å². The summed E-state index contributed by atoms with van der Waals surface area (Å²) in [5, 5.41) is 3.26. The van der Waals surface area contributed by atoms with E-state index in [9.17, 15) is 4.79 Å². The fourth-order valence-corrected chi connectivity index (χ4v) is 1.62. The zero-order chi connectivity index (χ0) is 13.7. The molecule has 0 atom stereocenters. The lowest BCUT2D eigenvalue weighted by molar-refractivity contribution is -0.111. The molecule has 0 radical (unpaired) electrons. The van der Waals surface area contributed by atoms with Gasteiger partial charge in [-0.25, -0.2) is 9.97 Å². The van der Waals surface area contributed by atoms with Gasteiger partial charge in [-0.3, -0.25) is 4.79 Å². The number of aromatic nitrogens is 2. The molecule has 0 spiro atoms. The van der Waals surface area contributed by atoms with E-state index in [-0.39, 0.29) is 5.91 Å². The van der Waals surface area contributed by atoms with Crippen LogP contribution in [0.4, 0.5) is 5.82 Å². The summed E-state index contributed by atoms with van der Waals surface area (Å²) in [6.45, 7) is 0. The van der Waals surface area contributed by atoms with Crippen LogP contribution < -0.4 is 5.32 Å². The number of carbonyl (C=O) groups excluding carboxylic acids is 1. The third-order valence-electron chi connectivity index (χ3n) is 2.17. The van der Waals surface area contributed by atoms with Gasteiger partial charge >= 0.3 is 0 Å². The van der Waals surface area contributed by atoms with Crippen molar-refractivity contribution in [1.29, 1.82) is 0 Å². The molecule has 0 saturated heterocycles. The van der Waals surface area contributed by atoms with Gasteiger partial charge in [0, 0.05) is 11.1 Å². The van der Waals surface area contributed by atoms with Crippen LogP contribution in [-0.2, 0) is 4.79 Å². The summed E-state index contributed by atoms with van der Waals surface area (Å²) in [7, 11) is 0. The molecule has 1 amide bonds. The van der Waals surface area contributed by atoms with Gasteiger partial charge in [-0.05, 0) is 39.7 Å². The molecule has 6 heteroatoms. The maximum absolute atomic E-state index is 11.6. The molecule has 4 nitrogen and oxygen atoms in total. The molecule has 0 aliphatic rings. The summed E-state index contributed by atoms with van der Waals surface area (Å²) in [5.41, 5.74) is 0.890. The summed E-state index contributed by atoms with van der Waals surface area (Å²) in [5.74, 6) is 0.125. The van der Waals surface area contributed by atoms with E-state index in [2.05, 4.69) is 31.2 Å². The Morgan fingerprint density at radius 2 is 1.95 bits per heavy atom. The van der Waals surface area contributed by atoms with Gasteiger partial charge in [-0.1, -0.05) is 23.7 Å². The van der Waals surface area contributed by atoms with Crippen LogP contribution in [0.3, 0.4) is 0 Å². The number of rotatable bonds is 3. The van der Waals surface area contributed by atoms with Crippen LogP contribution in [0.15, 0.2) is 47.3 Å². The Morgan fingerprint density at radius 3 is 2.58 bits per heavy atom. The molecular weight excluding hydrogens is 330 g/mol. The van der Waals surface area contributed by atoms with Gasteiger partial charge in [0.15, 0.2) is 5.82 Å². The van der Waals surface area contributed by atoms with Crippen molar-refractivity contribution in [2.75, 3.05) is 5.32 Å². The number of halogens is 2. The predicted octanol–water partition coefficient (Wildman–Crippen LogP) is 3.54. The molecule has 2 aromatic rings. The van der Waals surface area contributed by atoms with Crippen LogP contribution in [0.25, 0.3) is 6.08 Å². The third-order valence-corrected chi connectivity index (χ3v) is 2.83. The Balaban J connectivity index is 1.97. The molecule has 0 aliphatic heterocycles. The fraction of sp³-hybridized carbons (Fsp3) is 0. The Morgan fingerprint density at radius 1 is 1.21 bits per heavy atom. The largest absolute Gasteiger partial charge is 0.306 e. The fourth-order valence-electron chi connectivity index (χ4n) is 1.29. The zero-order valence-corrected chi connectivity index (χ0v) is 12.0. The van der Waals surface area contributed by atoms with Gasteiger partial charge in [0.05, 0.1) is 12.4 Å². The summed E-state index contributed by atoms with van der Waals surface area (Å²) >= 11 is 8.94. The minimum atomic E-state index is -0.272. The predicted molar refractivity (Wildman–Crippen MR) is 78.8 cm³/mol. The first-order chi connectivity index (χ1) is 9.13. The summed E-state index contributed by atoms with van der Waals surface area (Å²) in [4.78, 5) is 19.6. The van der Waals surface area contributed by atoms with Crippen LogP contribution in [0, 0.1) is 0 Å². The lowest BCUT2D eigenvalue weighted by Gasteiger charge is -2.00. The number of hydrogen-bond acceptors (Lipinski definition) is 3. The Labute approximate surface area is 123 Å².